The monoisotopic (exact) mass is 883 g/mol. The van der Waals surface area contributed by atoms with E-state index in [-0.39, 0.29) is 35.8 Å². The number of amides is 3. The molecule has 1 aromatic carbocycles. The molecule has 3 heterocycles. The summed E-state index contributed by atoms with van der Waals surface area (Å²) in [4.78, 5) is 67.6. The number of likely N-dealkylation sites (N-methyl/N-ethyl adjacent to an activating group) is 1. The van der Waals surface area contributed by atoms with E-state index < -0.39 is 49.4 Å². The molecule has 0 aliphatic carbocycles. The van der Waals surface area contributed by atoms with Crippen LogP contribution in [0.2, 0.25) is 0 Å². The van der Waals surface area contributed by atoms with E-state index >= 15 is 0 Å². The summed E-state index contributed by atoms with van der Waals surface area (Å²) < 4.78 is 55.9. The highest BCUT2D eigenvalue weighted by Gasteiger charge is 2.40. The van der Waals surface area contributed by atoms with Crippen LogP contribution in [0.15, 0.2) is 99.7 Å². The van der Waals surface area contributed by atoms with Crippen molar-refractivity contribution >= 4 is 55.9 Å². The molecule has 18 heteroatoms. The second-order valence-corrected chi connectivity index (χ2v) is 18.5. The number of imide groups is 1. The van der Waals surface area contributed by atoms with Gasteiger partial charge in [0.2, 0.25) is 0 Å². The molecule has 3 aliphatic heterocycles. The van der Waals surface area contributed by atoms with E-state index in [2.05, 4.69) is 4.90 Å². The van der Waals surface area contributed by atoms with E-state index in [1.807, 2.05) is 76.3 Å². The molecule has 0 atom stereocenters. The maximum atomic E-state index is 13.2. The first-order valence-corrected chi connectivity index (χ1v) is 22.8. The van der Waals surface area contributed by atoms with Crippen molar-refractivity contribution in [2.24, 2.45) is 10.4 Å². The van der Waals surface area contributed by atoms with Gasteiger partial charge in [-0.05, 0) is 66.8 Å². The second kappa shape index (κ2) is 21.1. The van der Waals surface area contributed by atoms with Crippen LogP contribution in [0.5, 0.6) is 0 Å². The molecule has 3 amide bonds. The van der Waals surface area contributed by atoms with Crippen molar-refractivity contribution in [1.82, 2.24) is 15.0 Å². The number of hydrogen-bond donors (Lipinski definition) is 2. The van der Waals surface area contributed by atoms with Crippen molar-refractivity contribution in [3.8, 4) is 0 Å². The average molecular weight is 884 g/mol. The minimum Gasteiger partial charge on any atom is -0.380 e. The number of nitrogens with zero attached hydrogens (tertiary/aromatic N) is 5. The van der Waals surface area contributed by atoms with E-state index in [0.717, 1.165) is 33.3 Å². The number of thiol groups is 1. The molecule has 1 aromatic rings. The number of rotatable bonds is 20. The standard InChI is InChI=1S/C43H57N5O11S2/c1-42(2)32(27-31(41(52)46(6)58-7)30-45(5)24-16-26-60(53)54)29-44-36(42)17-12-9-8-10-13-18-37-43(3,4)34-28-33(61(55,56)57)20-21-35(34)47(37)25-15-11-14-19-40(51)59-48-38(49)22-23-39(48)50/h8-10,12-13,17-18,20-21,27-28,30,60H,11,14-16,19,22-26,29H2,1-7H3,(H,55,56,57)/b9-8+,13-10+,17-12+,31-30+,32-27+,37-18+. The first kappa shape index (κ1) is 48.5. The molecular weight excluding hydrogens is 827 g/mol. The SMILES string of the molecule is CON(C)C(=O)C(/C=C1\CN=C(/C=C/C=C/C=C/C=C2/N(CCCCCC(=O)ON3C(=O)CCC3=O)c3ccc(S(=O)(=O)O)cc3C2(C)C)C1(C)C)=C/N(C)CCC[SH](=O)=O. The summed E-state index contributed by atoms with van der Waals surface area (Å²) in [5.41, 5.74) is 3.44. The quantitative estimate of drug-likeness (QED) is 0.0338. The summed E-state index contributed by atoms with van der Waals surface area (Å²) in [7, 11) is -2.21. The van der Waals surface area contributed by atoms with Crippen molar-refractivity contribution < 1.29 is 50.2 Å². The molecule has 0 aromatic heterocycles. The van der Waals surface area contributed by atoms with Crippen LogP contribution >= 0.6 is 0 Å². The zero-order valence-corrected chi connectivity index (χ0v) is 37.5. The molecule has 61 heavy (non-hydrogen) atoms. The summed E-state index contributed by atoms with van der Waals surface area (Å²) in [6.07, 6.45) is 19.0. The normalized spacial score (nSPS) is 19.1. The lowest BCUT2D eigenvalue weighted by atomic mass is 9.80. The molecule has 3 aliphatic rings. The molecule has 0 saturated carbocycles. The third kappa shape index (κ3) is 12.7. The second-order valence-electron chi connectivity index (χ2n) is 15.9. The molecule has 1 N–H and O–H groups in total. The molecule has 0 radical (unpaired) electrons. The Balaban J connectivity index is 1.44. The third-order valence-electron chi connectivity index (χ3n) is 10.8. The van der Waals surface area contributed by atoms with E-state index in [9.17, 15) is 40.6 Å². The van der Waals surface area contributed by atoms with Crippen molar-refractivity contribution in [3.05, 3.63) is 95.4 Å². The maximum absolute atomic E-state index is 13.2. The Morgan fingerprint density at radius 3 is 2.28 bits per heavy atom. The number of fused-ring (bicyclic) bond motifs is 1. The van der Waals surface area contributed by atoms with Gasteiger partial charge >= 0.3 is 5.97 Å². The van der Waals surface area contributed by atoms with E-state index in [0.29, 0.717) is 56.0 Å². The van der Waals surface area contributed by atoms with Gasteiger partial charge in [0.15, 0.2) is 0 Å². The van der Waals surface area contributed by atoms with Crippen molar-refractivity contribution in [3.63, 3.8) is 0 Å². The van der Waals surface area contributed by atoms with Gasteiger partial charge in [0.1, 0.15) is 10.7 Å². The maximum Gasteiger partial charge on any atom is 0.333 e. The lowest BCUT2D eigenvalue weighted by Gasteiger charge is -2.27. The Hall–Kier alpha value is -5.17. The van der Waals surface area contributed by atoms with Crippen molar-refractivity contribution in [2.75, 3.05) is 51.5 Å². The van der Waals surface area contributed by atoms with Crippen LogP contribution < -0.4 is 4.90 Å². The van der Waals surface area contributed by atoms with Gasteiger partial charge in [0.05, 0.1) is 24.1 Å². The van der Waals surface area contributed by atoms with Gasteiger partial charge in [0, 0.05) is 86.3 Å². The predicted octanol–water partition coefficient (Wildman–Crippen LogP) is 5.00. The van der Waals surface area contributed by atoms with Crippen LogP contribution in [0.3, 0.4) is 0 Å². The molecule has 0 unspecified atom stereocenters. The largest absolute Gasteiger partial charge is 0.380 e. The van der Waals surface area contributed by atoms with Gasteiger partial charge in [-0.3, -0.25) is 28.8 Å². The zero-order chi connectivity index (χ0) is 45.1. The Morgan fingerprint density at radius 2 is 1.62 bits per heavy atom. The third-order valence-corrected chi connectivity index (χ3v) is 12.3. The minimum absolute atomic E-state index is 0.0261. The molecule has 332 valence electrons. The molecule has 1 fully saturated rings. The van der Waals surface area contributed by atoms with Gasteiger partial charge in [-0.1, -0.05) is 64.5 Å². The summed E-state index contributed by atoms with van der Waals surface area (Å²) in [6, 6.07) is 4.55. The first-order valence-electron chi connectivity index (χ1n) is 20.0. The van der Waals surface area contributed by atoms with E-state index in [1.54, 1.807) is 24.2 Å². The van der Waals surface area contributed by atoms with Crippen molar-refractivity contribution in [1.29, 1.82) is 0 Å². The van der Waals surface area contributed by atoms with E-state index in [4.69, 9.17) is 14.7 Å². The highest BCUT2D eigenvalue weighted by molar-refractivity contribution is 7.85. The summed E-state index contributed by atoms with van der Waals surface area (Å²) in [5, 5.41) is 1.67. The number of benzene rings is 1. The molecule has 0 spiro atoms. The van der Waals surface area contributed by atoms with Gasteiger partial charge < -0.3 is 14.6 Å². The number of hydroxylamine groups is 4. The lowest BCUT2D eigenvalue weighted by Crippen LogP contribution is -2.32. The highest BCUT2D eigenvalue weighted by atomic mass is 32.2. The van der Waals surface area contributed by atoms with Gasteiger partial charge in [0.25, 0.3) is 27.8 Å². The lowest BCUT2D eigenvalue weighted by molar-refractivity contribution is -0.197. The van der Waals surface area contributed by atoms with E-state index in [1.165, 1.54) is 26.3 Å². The highest BCUT2D eigenvalue weighted by Crippen LogP contribution is 2.48. The Bertz CT molecular complexity index is 2240. The number of aliphatic imine (C=N–C) groups is 1. The number of allylic oxidation sites excluding steroid dienone is 8. The molecule has 1 saturated heterocycles. The fourth-order valence-electron chi connectivity index (χ4n) is 7.14. The van der Waals surface area contributed by atoms with Gasteiger partial charge in [-0.2, -0.15) is 8.42 Å². The molecule has 4 rings (SSSR count). The Kier molecular flexibility index (Phi) is 16.8. The van der Waals surface area contributed by atoms with Crippen molar-refractivity contribution in [2.45, 2.75) is 83.0 Å². The van der Waals surface area contributed by atoms with Gasteiger partial charge in [-0.25, -0.2) is 18.3 Å². The average Bonchev–Trinajstić information content (AvgIpc) is 3.74. The molecule has 16 nitrogen and oxygen atoms in total. The topological polar surface area (TPSA) is 201 Å². The number of carbonyl (C=O) groups excluding carboxylic acids is 4. The fraction of sp³-hybridized carbons (Fsp3) is 0.465. The molecular formula is C43H57N5O11S2. The molecule has 0 bridgehead atoms. The Labute approximate surface area is 360 Å². The predicted molar refractivity (Wildman–Crippen MR) is 232 cm³/mol. The summed E-state index contributed by atoms with van der Waals surface area (Å²) in [6.45, 7) is 9.40. The smallest absolute Gasteiger partial charge is 0.333 e. The summed E-state index contributed by atoms with van der Waals surface area (Å²) in [5.74, 6) is -2.00. The van der Waals surface area contributed by atoms with Gasteiger partial charge in [-0.15, -0.1) is 5.06 Å². The summed E-state index contributed by atoms with van der Waals surface area (Å²) >= 11 is 0. The van der Waals surface area contributed by atoms with Crippen LogP contribution in [-0.4, -0.2) is 112 Å². The minimum atomic E-state index is -4.44. The van der Waals surface area contributed by atoms with Crippen LogP contribution in [0.25, 0.3) is 0 Å². The number of hydrogen-bond acceptors (Lipinski definition) is 13. The van der Waals surface area contributed by atoms with Crippen LogP contribution in [-0.2, 0) is 55.1 Å². The first-order chi connectivity index (χ1) is 28.7. The van der Waals surface area contributed by atoms with Crippen LogP contribution in [0.4, 0.5) is 5.69 Å². The zero-order valence-electron chi connectivity index (χ0n) is 35.8. The number of anilines is 1. The fourth-order valence-corrected chi connectivity index (χ4v) is 8.04. The Morgan fingerprint density at radius 1 is 0.951 bits per heavy atom. The van der Waals surface area contributed by atoms with Crippen LogP contribution in [0.1, 0.15) is 78.2 Å². The van der Waals surface area contributed by atoms with Crippen LogP contribution in [0, 0.1) is 5.41 Å². The number of carbonyl (C=O) groups is 4. The number of unbranched alkanes of at least 4 members (excludes halogenated alkanes) is 2.